The maximum atomic E-state index is 14.0. The van der Waals surface area contributed by atoms with Gasteiger partial charge >= 0.3 is 0 Å². The standard InChI is InChI=1S/C29H38N2O3S3/c32-26(18-27-30-20-28(36-27)35-17-16-31-14-4-5-15-31)29(19-25(29)21-6-2-1-3-7-21)22-8-10-23(11-9-22)37(33,34)24-12-13-24/h8-11,20-21,24-25H,1-7,12-19H2/t25-,29-/m0/s1. The molecule has 0 amide bonds. The zero-order valence-corrected chi connectivity index (χ0v) is 24.0. The minimum absolute atomic E-state index is 0.211. The number of rotatable bonds is 11. The summed E-state index contributed by atoms with van der Waals surface area (Å²) in [4.78, 5) is 21.6. The molecule has 6 rings (SSSR count). The van der Waals surface area contributed by atoms with E-state index in [1.807, 2.05) is 30.1 Å². The molecule has 0 unspecified atom stereocenters. The van der Waals surface area contributed by atoms with E-state index < -0.39 is 15.3 Å². The zero-order valence-electron chi connectivity index (χ0n) is 21.6. The molecule has 4 aliphatic rings. The summed E-state index contributed by atoms with van der Waals surface area (Å²) in [5, 5.41) is 0.701. The number of thioether (sulfide) groups is 1. The number of carbonyl (C=O) groups excluding carboxylic acids is 1. The molecule has 1 aromatic heterocycles. The van der Waals surface area contributed by atoms with Crippen molar-refractivity contribution in [2.24, 2.45) is 11.8 Å². The number of carbonyl (C=O) groups is 1. The second-order valence-electron chi connectivity index (χ2n) is 11.5. The first kappa shape index (κ1) is 26.0. The summed E-state index contributed by atoms with van der Waals surface area (Å²) in [6.45, 7) is 3.57. The zero-order chi connectivity index (χ0) is 25.5. The Morgan fingerprint density at radius 3 is 2.46 bits per heavy atom. The number of hydrogen-bond acceptors (Lipinski definition) is 7. The summed E-state index contributed by atoms with van der Waals surface area (Å²) >= 11 is 3.52. The molecule has 8 heteroatoms. The molecule has 2 atom stereocenters. The van der Waals surface area contributed by atoms with Gasteiger partial charge in [0.15, 0.2) is 9.84 Å². The number of nitrogens with zero attached hydrogens (tertiary/aromatic N) is 2. The molecule has 2 aromatic rings. The molecule has 0 bridgehead atoms. The van der Waals surface area contributed by atoms with Gasteiger partial charge in [-0.15, -0.1) is 23.1 Å². The molecule has 4 fully saturated rings. The molecular weight excluding hydrogens is 521 g/mol. The molecule has 37 heavy (non-hydrogen) atoms. The van der Waals surface area contributed by atoms with Gasteiger partial charge in [0.05, 0.1) is 32.4 Å². The van der Waals surface area contributed by atoms with Gasteiger partial charge in [-0.05, 0) is 74.7 Å². The number of sulfone groups is 1. The van der Waals surface area contributed by atoms with E-state index >= 15 is 0 Å². The second-order valence-corrected chi connectivity index (χ2v) is 16.3. The van der Waals surface area contributed by atoms with E-state index in [1.54, 1.807) is 23.5 Å². The van der Waals surface area contributed by atoms with E-state index in [9.17, 15) is 13.2 Å². The van der Waals surface area contributed by atoms with Crippen LogP contribution < -0.4 is 0 Å². The van der Waals surface area contributed by atoms with Crippen LogP contribution in [0.4, 0.5) is 0 Å². The van der Waals surface area contributed by atoms with Crippen molar-refractivity contribution in [3.05, 3.63) is 41.0 Å². The Morgan fingerprint density at radius 1 is 1.03 bits per heavy atom. The number of likely N-dealkylation sites (tertiary alicyclic amines) is 1. The molecule has 200 valence electrons. The number of Topliss-reactive ketones (excluding diaryl/α,β-unsaturated/α-hetero) is 1. The molecule has 2 heterocycles. The van der Waals surface area contributed by atoms with Crippen LogP contribution in [-0.2, 0) is 26.5 Å². The Kier molecular flexibility index (Phi) is 7.56. The van der Waals surface area contributed by atoms with Crippen LogP contribution in [0.3, 0.4) is 0 Å². The van der Waals surface area contributed by atoms with E-state index in [-0.39, 0.29) is 11.0 Å². The van der Waals surface area contributed by atoms with Gasteiger partial charge in [-0.2, -0.15) is 0 Å². The molecule has 0 radical (unpaired) electrons. The molecular formula is C29H38N2O3S3. The third-order valence-electron chi connectivity index (χ3n) is 9.09. The van der Waals surface area contributed by atoms with Crippen molar-refractivity contribution >= 4 is 38.7 Å². The summed E-state index contributed by atoms with van der Waals surface area (Å²) in [5.74, 6) is 2.31. The monoisotopic (exact) mass is 558 g/mol. The highest BCUT2D eigenvalue weighted by Gasteiger charge is 2.62. The van der Waals surface area contributed by atoms with Gasteiger partial charge in [0.2, 0.25) is 0 Å². The van der Waals surface area contributed by atoms with Crippen LogP contribution in [0.1, 0.15) is 74.8 Å². The van der Waals surface area contributed by atoms with Gasteiger partial charge in [0.25, 0.3) is 0 Å². The first-order valence-corrected chi connectivity index (χ1v) is 17.5. The molecule has 1 aromatic carbocycles. The SMILES string of the molecule is O=C(Cc1ncc(SCCN2CCCC2)s1)[C@]1(c2ccc(S(=O)(=O)C3CC3)cc2)C[C@H]1C1CCCCC1. The largest absolute Gasteiger partial charge is 0.303 e. The topological polar surface area (TPSA) is 67.3 Å². The number of benzene rings is 1. The average molecular weight is 559 g/mol. The van der Waals surface area contributed by atoms with Crippen molar-refractivity contribution < 1.29 is 13.2 Å². The average Bonchev–Trinajstić information content (AvgIpc) is 3.81. The summed E-state index contributed by atoms with van der Waals surface area (Å²) in [5.41, 5.74) is 0.540. The Balaban J connectivity index is 1.17. The van der Waals surface area contributed by atoms with E-state index in [2.05, 4.69) is 9.88 Å². The van der Waals surface area contributed by atoms with Gasteiger partial charge in [0.1, 0.15) is 10.8 Å². The molecule has 5 nitrogen and oxygen atoms in total. The van der Waals surface area contributed by atoms with Gasteiger partial charge < -0.3 is 4.90 Å². The van der Waals surface area contributed by atoms with Crippen LogP contribution in [0.15, 0.2) is 39.6 Å². The fourth-order valence-corrected chi connectivity index (χ4v) is 10.5. The normalized spacial score (nSPS) is 27.0. The Morgan fingerprint density at radius 2 is 1.76 bits per heavy atom. The summed E-state index contributed by atoms with van der Waals surface area (Å²) in [7, 11) is -3.22. The quantitative estimate of drug-likeness (QED) is 0.319. The lowest BCUT2D eigenvalue weighted by atomic mass is 9.78. The number of ketones is 1. The van der Waals surface area contributed by atoms with Crippen LogP contribution >= 0.6 is 23.1 Å². The van der Waals surface area contributed by atoms with Crippen molar-refractivity contribution in [2.75, 3.05) is 25.4 Å². The third-order valence-corrected chi connectivity index (χ3v) is 13.5. The summed E-state index contributed by atoms with van der Waals surface area (Å²) < 4.78 is 26.7. The second kappa shape index (κ2) is 10.7. The summed E-state index contributed by atoms with van der Waals surface area (Å²) in [6.07, 6.45) is 13.6. The maximum absolute atomic E-state index is 14.0. The van der Waals surface area contributed by atoms with E-state index in [1.165, 1.54) is 62.2 Å². The lowest BCUT2D eigenvalue weighted by Crippen LogP contribution is -2.28. The van der Waals surface area contributed by atoms with Gasteiger partial charge in [-0.25, -0.2) is 13.4 Å². The summed E-state index contributed by atoms with van der Waals surface area (Å²) in [6, 6.07) is 7.40. The Bertz CT molecular complexity index is 1210. The predicted octanol–water partition coefficient (Wildman–Crippen LogP) is 5.92. The molecule has 1 aliphatic heterocycles. The van der Waals surface area contributed by atoms with Crippen LogP contribution in [0.5, 0.6) is 0 Å². The number of thiazole rings is 1. The Hall–Kier alpha value is -1.22. The van der Waals surface area contributed by atoms with Crippen molar-refractivity contribution in [2.45, 2.75) is 90.4 Å². The van der Waals surface area contributed by atoms with Crippen LogP contribution in [0, 0.1) is 11.8 Å². The van der Waals surface area contributed by atoms with E-state index in [4.69, 9.17) is 0 Å². The van der Waals surface area contributed by atoms with Crippen molar-refractivity contribution in [1.29, 1.82) is 0 Å². The highest BCUT2D eigenvalue weighted by atomic mass is 32.2. The lowest BCUT2D eigenvalue weighted by Gasteiger charge is -2.25. The maximum Gasteiger partial charge on any atom is 0.181 e. The molecule has 0 spiro atoms. The van der Waals surface area contributed by atoms with E-state index in [0.29, 0.717) is 23.2 Å². The van der Waals surface area contributed by atoms with Gasteiger partial charge in [-0.3, -0.25) is 4.79 Å². The molecule has 3 saturated carbocycles. The number of hydrogen-bond donors (Lipinski definition) is 0. The molecule has 1 saturated heterocycles. The van der Waals surface area contributed by atoms with E-state index in [0.717, 1.165) is 42.1 Å². The Labute approximate surface area is 229 Å². The molecule has 3 aliphatic carbocycles. The van der Waals surface area contributed by atoms with Crippen LogP contribution in [-0.4, -0.2) is 54.7 Å². The smallest absolute Gasteiger partial charge is 0.181 e. The highest BCUT2D eigenvalue weighted by Crippen LogP contribution is 2.61. The number of aromatic nitrogens is 1. The highest BCUT2D eigenvalue weighted by molar-refractivity contribution is 8.01. The predicted molar refractivity (Wildman–Crippen MR) is 150 cm³/mol. The van der Waals surface area contributed by atoms with Gasteiger partial charge in [0, 0.05) is 12.3 Å². The minimum atomic E-state index is -3.22. The van der Waals surface area contributed by atoms with Crippen LogP contribution in [0.25, 0.3) is 0 Å². The van der Waals surface area contributed by atoms with Crippen molar-refractivity contribution in [1.82, 2.24) is 9.88 Å². The van der Waals surface area contributed by atoms with Crippen LogP contribution in [0.2, 0.25) is 0 Å². The fraction of sp³-hybridized carbons (Fsp3) is 0.655. The van der Waals surface area contributed by atoms with Gasteiger partial charge in [-0.1, -0.05) is 44.2 Å². The molecule has 0 N–H and O–H groups in total. The minimum Gasteiger partial charge on any atom is -0.303 e. The lowest BCUT2D eigenvalue weighted by molar-refractivity contribution is -0.121. The van der Waals surface area contributed by atoms with Crippen molar-refractivity contribution in [3.63, 3.8) is 0 Å². The fourth-order valence-electron chi connectivity index (χ4n) is 6.74. The third kappa shape index (κ3) is 5.45. The first-order chi connectivity index (χ1) is 18.0. The first-order valence-electron chi connectivity index (χ1n) is 14.1. The van der Waals surface area contributed by atoms with Crippen molar-refractivity contribution in [3.8, 4) is 0 Å².